The monoisotopic (exact) mass is 475 g/mol. The van der Waals surface area contributed by atoms with Gasteiger partial charge >= 0.3 is 10.2 Å². The second-order valence-electron chi connectivity index (χ2n) is 8.64. The first-order valence-corrected chi connectivity index (χ1v) is 12.6. The van der Waals surface area contributed by atoms with E-state index in [9.17, 15) is 17.6 Å². The van der Waals surface area contributed by atoms with Crippen LogP contribution in [0.25, 0.3) is 0 Å². The third-order valence-corrected chi connectivity index (χ3v) is 8.49. The first kappa shape index (κ1) is 23.6. The number of nitrogens with two attached hydrogens (primary N) is 1. The number of hydrogen-bond acceptors (Lipinski definition) is 5. The van der Waals surface area contributed by atoms with Gasteiger partial charge < -0.3 is 0 Å². The standard InChI is InChI=1S/C23H30FN5O3S/c1-17-15-21(9-10-22(17)24)29(16-18-5-7-19(8-6-18)23(30)26-25)33(31,32)28-13-11-27(12-14-28)20-3-2-4-20/h5-10,15,20H,2-4,11-14,16,25H2,1H3,(H,26,30). The van der Waals surface area contributed by atoms with Crippen LogP contribution in [-0.2, 0) is 16.8 Å². The quantitative estimate of drug-likeness (QED) is 0.363. The van der Waals surface area contributed by atoms with Gasteiger partial charge in [0.25, 0.3) is 5.91 Å². The Kier molecular flexibility index (Phi) is 6.99. The van der Waals surface area contributed by atoms with Gasteiger partial charge in [-0.05, 0) is 61.2 Å². The normalized spacial score (nSPS) is 18.0. The second kappa shape index (κ2) is 9.76. The lowest BCUT2D eigenvalue weighted by atomic mass is 9.91. The summed E-state index contributed by atoms with van der Waals surface area (Å²) < 4.78 is 44.2. The first-order chi connectivity index (χ1) is 15.8. The van der Waals surface area contributed by atoms with Crippen molar-refractivity contribution in [3.63, 3.8) is 0 Å². The Morgan fingerprint density at radius 1 is 1.12 bits per heavy atom. The van der Waals surface area contributed by atoms with Crippen LogP contribution in [0.3, 0.4) is 0 Å². The number of hydrazine groups is 1. The van der Waals surface area contributed by atoms with Gasteiger partial charge in [-0.1, -0.05) is 18.6 Å². The molecule has 4 rings (SSSR count). The lowest BCUT2D eigenvalue weighted by Crippen LogP contribution is -2.56. The van der Waals surface area contributed by atoms with Crippen molar-refractivity contribution in [1.29, 1.82) is 0 Å². The van der Waals surface area contributed by atoms with E-state index in [1.165, 1.54) is 40.0 Å². The summed E-state index contributed by atoms with van der Waals surface area (Å²) >= 11 is 0. The van der Waals surface area contributed by atoms with Gasteiger partial charge in [-0.3, -0.25) is 19.4 Å². The molecule has 1 saturated carbocycles. The molecule has 8 nitrogen and oxygen atoms in total. The SMILES string of the molecule is Cc1cc(N(Cc2ccc(C(=O)NN)cc2)S(=O)(=O)N2CCN(C3CCC3)CC2)ccc1F. The molecule has 0 bridgehead atoms. The van der Waals surface area contributed by atoms with Gasteiger partial charge in [-0.25, -0.2) is 10.2 Å². The van der Waals surface area contributed by atoms with E-state index in [2.05, 4.69) is 10.3 Å². The molecule has 1 aliphatic heterocycles. The third kappa shape index (κ3) is 5.03. The van der Waals surface area contributed by atoms with Crippen LogP contribution >= 0.6 is 0 Å². The summed E-state index contributed by atoms with van der Waals surface area (Å²) in [6, 6.07) is 11.5. The van der Waals surface area contributed by atoms with Gasteiger partial charge in [0, 0.05) is 37.8 Å². The Balaban J connectivity index is 1.59. The predicted octanol–water partition coefficient (Wildman–Crippen LogP) is 2.16. The second-order valence-corrected chi connectivity index (χ2v) is 10.5. The molecule has 2 aromatic carbocycles. The maximum absolute atomic E-state index is 13.9. The number of nitrogens with zero attached hydrogens (tertiary/aromatic N) is 3. The smallest absolute Gasteiger partial charge is 0.298 e. The Morgan fingerprint density at radius 2 is 1.79 bits per heavy atom. The van der Waals surface area contributed by atoms with Gasteiger partial charge in [0.2, 0.25) is 0 Å². The summed E-state index contributed by atoms with van der Waals surface area (Å²) in [7, 11) is -3.86. The maximum atomic E-state index is 13.9. The molecule has 2 aromatic rings. The summed E-state index contributed by atoms with van der Waals surface area (Å²) in [5.41, 5.74) is 3.92. The van der Waals surface area contributed by atoms with Crippen LogP contribution in [0.4, 0.5) is 10.1 Å². The average Bonchev–Trinajstić information content (AvgIpc) is 2.78. The molecule has 0 aromatic heterocycles. The van der Waals surface area contributed by atoms with Crippen LogP contribution in [0.1, 0.15) is 40.7 Å². The molecule has 1 aliphatic carbocycles. The molecule has 2 aliphatic rings. The van der Waals surface area contributed by atoms with Gasteiger partial charge in [-0.15, -0.1) is 0 Å². The number of nitrogen functional groups attached to an aromatic ring is 1. The zero-order valence-electron chi connectivity index (χ0n) is 18.7. The number of halogens is 1. The predicted molar refractivity (Wildman–Crippen MR) is 125 cm³/mol. The van der Waals surface area contributed by atoms with Crippen LogP contribution in [0.5, 0.6) is 0 Å². The number of anilines is 1. The molecule has 2 fully saturated rings. The minimum absolute atomic E-state index is 0.0563. The zero-order valence-corrected chi connectivity index (χ0v) is 19.5. The first-order valence-electron chi connectivity index (χ1n) is 11.2. The van der Waals surface area contributed by atoms with Gasteiger partial charge in [0.05, 0.1) is 12.2 Å². The summed E-state index contributed by atoms with van der Waals surface area (Å²) in [5, 5.41) is 0. The number of carbonyl (C=O) groups is 1. The molecule has 178 valence electrons. The number of rotatable bonds is 7. The molecule has 1 saturated heterocycles. The third-order valence-electron chi connectivity index (χ3n) is 6.57. The molecule has 0 atom stereocenters. The van der Waals surface area contributed by atoms with Crippen molar-refractivity contribution < 1.29 is 17.6 Å². The van der Waals surface area contributed by atoms with Crippen molar-refractivity contribution in [2.24, 2.45) is 5.84 Å². The van der Waals surface area contributed by atoms with Crippen molar-refractivity contribution in [2.45, 2.75) is 38.8 Å². The minimum atomic E-state index is -3.86. The van der Waals surface area contributed by atoms with Crippen molar-refractivity contribution in [1.82, 2.24) is 14.6 Å². The molecule has 1 amide bonds. The van der Waals surface area contributed by atoms with Crippen molar-refractivity contribution in [3.05, 3.63) is 65.0 Å². The molecule has 3 N–H and O–H groups in total. The fourth-order valence-corrected chi connectivity index (χ4v) is 5.89. The molecular weight excluding hydrogens is 445 g/mol. The van der Waals surface area contributed by atoms with Gasteiger partial charge in [-0.2, -0.15) is 12.7 Å². The highest BCUT2D eigenvalue weighted by Crippen LogP contribution is 2.29. The van der Waals surface area contributed by atoms with E-state index in [1.807, 2.05) is 0 Å². The van der Waals surface area contributed by atoms with Crippen LogP contribution in [0.15, 0.2) is 42.5 Å². The number of benzene rings is 2. The molecule has 0 radical (unpaired) electrons. The van der Waals surface area contributed by atoms with E-state index >= 15 is 0 Å². The van der Waals surface area contributed by atoms with Crippen molar-refractivity contribution in [3.8, 4) is 0 Å². The lowest BCUT2D eigenvalue weighted by Gasteiger charge is -2.43. The van der Waals surface area contributed by atoms with Crippen molar-refractivity contribution in [2.75, 3.05) is 30.5 Å². The highest BCUT2D eigenvalue weighted by Gasteiger charge is 2.35. The summed E-state index contributed by atoms with van der Waals surface area (Å²) in [6.07, 6.45) is 3.62. The lowest BCUT2D eigenvalue weighted by molar-refractivity contribution is 0.0888. The number of piperazine rings is 1. The number of aryl methyl sites for hydroxylation is 1. The van der Waals surface area contributed by atoms with Crippen LogP contribution in [0.2, 0.25) is 0 Å². The Morgan fingerprint density at radius 3 is 2.33 bits per heavy atom. The van der Waals surface area contributed by atoms with E-state index in [4.69, 9.17) is 5.84 Å². The highest BCUT2D eigenvalue weighted by atomic mass is 32.2. The van der Waals surface area contributed by atoms with E-state index < -0.39 is 16.1 Å². The Hall–Kier alpha value is -2.53. The van der Waals surface area contributed by atoms with E-state index in [-0.39, 0.29) is 12.4 Å². The Labute approximate surface area is 194 Å². The largest absolute Gasteiger partial charge is 0.304 e. The van der Waals surface area contributed by atoms with Crippen LogP contribution in [0, 0.1) is 12.7 Å². The summed E-state index contributed by atoms with van der Waals surface area (Å²) in [5.74, 6) is 4.37. The summed E-state index contributed by atoms with van der Waals surface area (Å²) in [6.45, 7) is 3.93. The molecule has 0 unspecified atom stereocenters. The van der Waals surface area contributed by atoms with Gasteiger partial charge in [0.1, 0.15) is 5.82 Å². The van der Waals surface area contributed by atoms with E-state index in [0.717, 1.165) is 0 Å². The van der Waals surface area contributed by atoms with E-state index in [0.29, 0.717) is 54.6 Å². The minimum Gasteiger partial charge on any atom is -0.298 e. The maximum Gasteiger partial charge on any atom is 0.304 e. The molecule has 33 heavy (non-hydrogen) atoms. The fourth-order valence-electron chi connectivity index (χ4n) is 4.29. The molecule has 0 spiro atoms. The van der Waals surface area contributed by atoms with Gasteiger partial charge in [0.15, 0.2) is 0 Å². The molecular formula is C23H30FN5O3S. The number of nitrogens with one attached hydrogen (secondary N) is 1. The number of amides is 1. The van der Waals surface area contributed by atoms with Crippen molar-refractivity contribution >= 4 is 21.8 Å². The van der Waals surface area contributed by atoms with Crippen LogP contribution < -0.4 is 15.6 Å². The number of carbonyl (C=O) groups excluding carboxylic acids is 1. The molecule has 1 heterocycles. The fraction of sp³-hybridized carbons (Fsp3) is 0.435. The Bertz CT molecular complexity index is 1100. The van der Waals surface area contributed by atoms with E-state index in [1.54, 1.807) is 37.3 Å². The highest BCUT2D eigenvalue weighted by molar-refractivity contribution is 7.90. The average molecular weight is 476 g/mol. The number of hydrogen-bond donors (Lipinski definition) is 2. The zero-order chi connectivity index (χ0) is 23.6. The topological polar surface area (TPSA) is 99.0 Å². The molecule has 10 heteroatoms. The summed E-state index contributed by atoms with van der Waals surface area (Å²) in [4.78, 5) is 14.1. The van der Waals surface area contributed by atoms with Crippen LogP contribution in [-0.4, -0.2) is 55.8 Å².